The number of nitrogens with two attached hydrogens (primary N) is 1. The van der Waals surface area contributed by atoms with Crippen LogP contribution in [0.4, 0.5) is 0 Å². The van der Waals surface area contributed by atoms with Crippen molar-refractivity contribution in [2.24, 2.45) is 0 Å². The molecule has 1 aromatic heterocycles. The van der Waals surface area contributed by atoms with Gasteiger partial charge in [-0.25, -0.2) is 4.68 Å². The molecule has 124 valence electrons. The Morgan fingerprint density at radius 3 is 2.50 bits per heavy atom. The number of aromatic nitrogens is 3. The molecule has 7 heteroatoms. The second kappa shape index (κ2) is 7.72. The number of benzene rings is 2. The van der Waals surface area contributed by atoms with Crippen molar-refractivity contribution in [2.45, 2.75) is 12.1 Å². The summed E-state index contributed by atoms with van der Waals surface area (Å²) in [4.78, 5) is 0. The summed E-state index contributed by atoms with van der Waals surface area (Å²) in [6.45, 7) is 2.61. The highest BCUT2D eigenvalue weighted by Gasteiger charge is 2.11. The van der Waals surface area contributed by atoms with Crippen LogP contribution < -0.4 is 10.6 Å². The summed E-state index contributed by atoms with van der Waals surface area (Å²) >= 11 is 4.92. The van der Waals surface area contributed by atoms with Gasteiger partial charge in [0.05, 0.1) is 6.61 Å². The Bertz CT molecular complexity index is 802. The monoisotopic (exact) mass is 404 g/mol. The van der Waals surface area contributed by atoms with E-state index >= 15 is 0 Å². The SMILES string of the molecule is Cc1ccc(-c2nnc(SCCOc3ccc(Br)cc3)n2N)cc1. The molecule has 0 spiro atoms. The number of hydrogen-bond donors (Lipinski definition) is 1. The molecule has 24 heavy (non-hydrogen) atoms. The van der Waals surface area contributed by atoms with Gasteiger partial charge in [0.25, 0.3) is 0 Å². The molecule has 0 bridgehead atoms. The van der Waals surface area contributed by atoms with E-state index in [-0.39, 0.29) is 0 Å². The van der Waals surface area contributed by atoms with Gasteiger partial charge in [0.2, 0.25) is 5.16 Å². The normalized spacial score (nSPS) is 10.8. The summed E-state index contributed by atoms with van der Waals surface area (Å²) in [5, 5.41) is 9.01. The van der Waals surface area contributed by atoms with Crippen LogP contribution >= 0.6 is 27.7 Å². The van der Waals surface area contributed by atoms with Crippen LogP contribution in [0.25, 0.3) is 11.4 Å². The van der Waals surface area contributed by atoms with Gasteiger partial charge in [-0.3, -0.25) is 0 Å². The van der Waals surface area contributed by atoms with Gasteiger partial charge in [0.1, 0.15) is 5.75 Å². The highest BCUT2D eigenvalue weighted by atomic mass is 79.9. The molecule has 3 rings (SSSR count). The molecule has 0 aliphatic rings. The van der Waals surface area contributed by atoms with Gasteiger partial charge in [-0.2, -0.15) is 0 Å². The van der Waals surface area contributed by atoms with Crippen LogP contribution in [-0.4, -0.2) is 27.2 Å². The third-order valence-corrected chi connectivity index (χ3v) is 4.81. The number of hydrogen-bond acceptors (Lipinski definition) is 5. The number of halogens is 1. The van der Waals surface area contributed by atoms with Crippen LogP contribution in [-0.2, 0) is 0 Å². The zero-order chi connectivity index (χ0) is 16.9. The van der Waals surface area contributed by atoms with Crippen molar-refractivity contribution < 1.29 is 4.74 Å². The molecule has 5 nitrogen and oxygen atoms in total. The lowest BCUT2D eigenvalue weighted by molar-refractivity contribution is 0.344. The van der Waals surface area contributed by atoms with Crippen molar-refractivity contribution >= 4 is 27.7 Å². The smallest absolute Gasteiger partial charge is 0.210 e. The van der Waals surface area contributed by atoms with Gasteiger partial charge in [0.15, 0.2) is 5.82 Å². The molecule has 0 radical (unpaired) electrons. The first-order valence-electron chi connectivity index (χ1n) is 7.42. The molecular formula is C17H17BrN4OS. The summed E-state index contributed by atoms with van der Waals surface area (Å²) in [5.74, 6) is 8.34. The Hall–Kier alpha value is -1.99. The van der Waals surface area contributed by atoms with Crippen molar-refractivity contribution in [1.82, 2.24) is 14.9 Å². The summed E-state index contributed by atoms with van der Waals surface area (Å²) in [6, 6.07) is 15.8. The van der Waals surface area contributed by atoms with Crippen LogP contribution in [0.15, 0.2) is 58.2 Å². The fourth-order valence-electron chi connectivity index (χ4n) is 2.10. The van der Waals surface area contributed by atoms with Crippen molar-refractivity contribution in [2.75, 3.05) is 18.2 Å². The number of thioether (sulfide) groups is 1. The van der Waals surface area contributed by atoms with E-state index in [1.54, 1.807) is 0 Å². The van der Waals surface area contributed by atoms with Gasteiger partial charge >= 0.3 is 0 Å². The fraction of sp³-hybridized carbons (Fsp3) is 0.176. The lowest BCUT2D eigenvalue weighted by Crippen LogP contribution is -2.12. The molecule has 0 fully saturated rings. The minimum Gasteiger partial charge on any atom is -0.493 e. The molecule has 0 unspecified atom stereocenters. The fourth-order valence-corrected chi connectivity index (χ4v) is 3.04. The minimum absolute atomic E-state index is 0.568. The molecular weight excluding hydrogens is 388 g/mol. The van der Waals surface area contributed by atoms with E-state index in [1.807, 2.05) is 55.5 Å². The first-order valence-corrected chi connectivity index (χ1v) is 9.20. The maximum Gasteiger partial charge on any atom is 0.210 e. The van der Waals surface area contributed by atoms with Crippen molar-refractivity contribution in [3.63, 3.8) is 0 Å². The molecule has 3 aromatic rings. The summed E-state index contributed by atoms with van der Waals surface area (Å²) in [6.07, 6.45) is 0. The second-order valence-corrected chi connectivity index (χ2v) is 7.17. The molecule has 2 N–H and O–H groups in total. The summed E-state index contributed by atoms with van der Waals surface area (Å²) in [7, 11) is 0. The number of ether oxygens (including phenoxy) is 1. The quantitative estimate of drug-likeness (QED) is 0.383. The zero-order valence-corrected chi connectivity index (χ0v) is 15.5. The predicted molar refractivity (Wildman–Crippen MR) is 101 cm³/mol. The molecule has 0 saturated carbocycles. The van der Waals surface area contributed by atoms with Gasteiger partial charge in [0, 0.05) is 15.8 Å². The highest BCUT2D eigenvalue weighted by Crippen LogP contribution is 2.22. The predicted octanol–water partition coefficient (Wildman–Crippen LogP) is 3.90. The van der Waals surface area contributed by atoms with Crippen molar-refractivity contribution in [3.8, 4) is 17.1 Å². The Morgan fingerprint density at radius 2 is 1.79 bits per heavy atom. The molecule has 0 aliphatic carbocycles. The first-order chi connectivity index (χ1) is 11.6. The van der Waals surface area contributed by atoms with Crippen molar-refractivity contribution in [1.29, 1.82) is 0 Å². The molecule has 0 saturated heterocycles. The van der Waals surface area contributed by atoms with E-state index in [1.165, 1.54) is 22.0 Å². The highest BCUT2D eigenvalue weighted by molar-refractivity contribution is 9.10. The topological polar surface area (TPSA) is 66.0 Å². The van der Waals surface area contributed by atoms with Crippen LogP contribution in [0.1, 0.15) is 5.56 Å². The average Bonchev–Trinajstić information content (AvgIpc) is 2.95. The summed E-state index contributed by atoms with van der Waals surface area (Å²) in [5.41, 5.74) is 2.15. The van der Waals surface area contributed by atoms with E-state index in [4.69, 9.17) is 10.6 Å². The van der Waals surface area contributed by atoms with E-state index in [0.717, 1.165) is 21.5 Å². The van der Waals surface area contributed by atoms with Crippen LogP contribution in [0.3, 0.4) is 0 Å². The number of nitrogens with zero attached hydrogens (tertiary/aromatic N) is 3. The third kappa shape index (κ3) is 4.10. The zero-order valence-electron chi connectivity index (χ0n) is 13.1. The van der Waals surface area contributed by atoms with Gasteiger partial charge in [-0.05, 0) is 31.2 Å². The van der Waals surface area contributed by atoms with Gasteiger partial charge in [-0.15, -0.1) is 10.2 Å². The molecule has 0 aliphatic heterocycles. The molecule has 1 heterocycles. The van der Waals surface area contributed by atoms with Crippen LogP contribution in [0.2, 0.25) is 0 Å². The number of nitrogen functional groups attached to an aromatic ring is 1. The van der Waals surface area contributed by atoms with Gasteiger partial charge < -0.3 is 10.6 Å². The molecule has 2 aromatic carbocycles. The Labute approximate surface area is 153 Å². The Kier molecular flexibility index (Phi) is 5.42. The first kappa shape index (κ1) is 16.9. The lowest BCUT2D eigenvalue weighted by atomic mass is 10.1. The minimum atomic E-state index is 0.568. The number of aryl methyl sites for hydroxylation is 1. The standard InChI is InChI=1S/C17H17BrN4OS/c1-12-2-4-13(5-3-12)16-20-21-17(22(16)19)24-11-10-23-15-8-6-14(18)7-9-15/h2-9H,10-11,19H2,1H3. The summed E-state index contributed by atoms with van der Waals surface area (Å²) < 4.78 is 8.24. The van der Waals surface area contributed by atoms with E-state index in [2.05, 4.69) is 26.1 Å². The van der Waals surface area contributed by atoms with Crippen LogP contribution in [0, 0.1) is 6.92 Å². The largest absolute Gasteiger partial charge is 0.493 e. The van der Waals surface area contributed by atoms with Gasteiger partial charge in [-0.1, -0.05) is 57.5 Å². The lowest BCUT2D eigenvalue weighted by Gasteiger charge is -2.06. The van der Waals surface area contributed by atoms with E-state index in [9.17, 15) is 0 Å². The second-order valence-electron chi connectivity index (χ2n) is 5.19. The van der Waals surface area contributed by atoms with E-state index < -0.39 is 0 Å². The molecule has 0 amide bonds. The van der Waals surface area contributed by atoms with Crippen LogP contribution in [0.5, 0.6) is 5.75 Å². The van der Waals surface area contributed by atoms with Crippen molar-refractivity contribution in [3.05, 3.63) is 58.6 Å². The van der Waals surface area contributed by atoms with E-state index in [0.29, 0.717) is 17.6 Å². The third-order valence-electron chi connectivity index (χ3n) is 3.37. The Balaban J connectivity index is 1.56. The molecule has 0 atom stereocenters. The Morgan fingerprint density at radius 1 is 1.08 bits per heavy atom. The number of rotatable bonds is 6. The maximum atomic E-state index is 6.11. The maximum absolute atomic E-state index is 6.11. The average molecular weight is 405 g/mol.